The molecule has 0 bridgehead atoms. The monoisotopic (exact) mass is 366 g/mol. The number of likely N-dealkylation sites (tertiary alicyclic amines) is 1. The zero-order valence-corrected chi connectivity index (χ0v) is 15.7. The minimum absolute atomic E-state index is 0.0210. The molecule has 0 aliphatic carbocycles. The Morgan fingerprint density at radius 1 is 1.31 bits per heavy atom. The molecule has 1 saturated heterocycles. The van der Waals surface area contributed by atoms with Gasteiger partial charge in [-0.15, -0.1) is 0 Å². The highest BCUT2D eigenvalue weighted by atomic mass is 19.2. The normalized spacial score (nSPS) is 17.1. The molecule has 5 nitrogen and oxygen atoms in total. The van der Waals surface area contributed by atoms with Crippen LogP contribution in [0.3, 0.4) is 0 Å². The summed E-state index contributed by atoms with van der Waals surface area (Å²) >= 11 is 0. The Kier molecular flexibility index (Phi) is 7.36. The highest BCUT2D eigenvalue weighted by Gasteiger charge is 2.23. The Balaban J connectivity index is 1.84. The SMILES string of the molecule is CN=C(NCC(C)c1ccc(F)c(F)c1)N1CCC(CC(=O)NC)CC1. The molecule has 0 aromatic heterocycles. The first-order valence-corrected chi connectivity index (χ1v) is 9.05. The van der Waals surface area contributed by atoms with Crippen molar-refractivity contribution < 1.29 is 13.6 Å². The fraction of sp³-hybridized carbons (Fsp3) is 0.579. The zero-order chi connectivity index (χ0) is 19.1. The van der Waals surface area contributed by atoms with Gasteiger partial charge in [-0.05, 0) is 42.4 Å². The van der Waals surface area contributed by atoms with Gasteiger partial charge in [-0.1, -0.05) is 13.0 Å². The van der Waals surface area contributed by atoms with Crippen molar-refractivity contribution in [2.45, 2.75) is 32.1 Å². The third-order valence-corrected chi connectivity index (χ3v) is 4.96. The number of amides is 1. The second-order valence-electron chi connectivity index (χ2n) is 6.81. The molecule has 26 heavy (non-hydrogen) atoms. The largest absolute Gasteiger partial charge is 0.359 e. The third kappa shape index (κ3) is 5.41. The summed E-state index contributed by atoms with van der Waals surface area (Å²) in [5.41, 5.74) is 0.746. The average molecular weight is 366 g/mol. The van der Waals surface area contributed by atoms with Crippen molar-refractivity contribution in [1.82, 2.24) is 15.5 Å². The number of benzene rings is 1. The molecular weight excluding hydrogens is 338 g/mol. The van der Waals surface area contributed by atoms with Gasteiger partial charge < -0.3 is 15.5 Å². The van der Waals surface area contributed by atoms with Crippen LogP contribution >= 0.6 is 0 Å². The molecule has 1 atom stereocenters. The van der Waals surface area contributed by atoms with E-state index in [2.05, 4.69) is 20.5 Å². The van der Waals surface area contributed by atoms with Gasteiger partial charge in [-0.25, -0.2) is 8.78 Å². The van der Waals surface area contributed by atoms with Crippen LogP contribution in [0.15, 0.2) is 23.2 Å². The predicted octanol–water partition coefficient (Wildman–Crippen LogP) is 2.49. The molecule has 1 amide bonds. The summed E-state index contributed by atoms with van der Waals surface area (Å²) in [5, 5.41) is 5.99. The molecule has 144 valence electrons. The van der Waals surface area contributed by atoms with Crippen LogP contribution in [-0.2, 0) is 4.79 Å². The number of halogens is 2. The van der Waals surface area contributed by atoms with Gasteiger partial charge in [-0.2, -0.15) is 0 Å². The third-order valence-electron chi connectivity index (χ3n) is 4.96. The van der Waals surface area contributed by atoms with E-state index in [9.17, 15) is 13.6 Å². The van der Waals surface area contributed by atoms with Gasteiger partial charge in [0.15, 0.2) is 17.6 Å². The Morgan fingerprint density at radius 2 is 2.00 bits per heavy atom. The van der Waals surface area contributed by atoms with E-state index in [1.807, 2.05) is 6.92 Å². The molecular formula is C19H28F2N4O. The van der Waals surface area contributed by atoms with Gasteiger partial charge in [0.05, 0.1) is 0 Å². The van der Waals surface area contributed by atoms with Crippen molar-refractivity contribution in [3.05, 3.63) is 35.4 Å². The Bertz CT molecular complexity index is 642. The van der Waals surface area contributed by atoms with Crippen LogP contribution < -0.4 is 10.6 Å². The van der Waals surface area contributed by atoms with E-state index in [0.29, 0.717) is 18.9 Å². The van der Waals surface area contributed by atoms with Crippen molar-refractivity contribution in [2.24, 2.45) is 10.9 Å². The number of guanidine groups is 1. The summed E-state index contributed by atoms with van der Waals surface area (Å²) in [4.78, 5) is 18.0. The molecule has 1 unspecified atom stereocenters. The minimum Gasteiger partial charge on any atom is -0.359 e. The maximum atomic E-state index is 13.4. The van der Waals surface area contributed by atoms with E-state index in [1.54, 1.807) is 20.2 Å². The number of hydrogen-bond donors (Lipinski definition) is 2. The minimum atomic E-state index is -0.829. The number of piperidine rings is 1. The first-order chi connectivity index (χ1) is 12.4. The summed E-state index contributed by atoms with van der Waals surface area (Å²) in [6.45, 7) is 4.24. The Hall–Kier alpha value is -2.18. The van der Waals surface area contributed by atoms with E-state index < -0.39 is 11.6 Å². The lowest BCUT2D eigenvalue weighted by Crippen LogP contribution is -2.46. The van der Waals surface area contributed by atoms with Crippen LogP contribution in [-0.4, -0.2) is 50.5 Å². The first kappa shape index (κ1) is 20.1. The van der Waals surface area contributed by atoms with E-state index >= 15 is 0 Å². The van der Waals surface area contributed by atoms with Gasteiger partial charge in [0.25, 0.3) is 0 Å². The van der Waals surface area contributed by atoms with Crippen molar-refractivity contribution in [1.29, 1.82) is 0 Å². The van der Waals surface area contributed by atoms with Gasteiger partial charge in [0, 0.05) is 40.2 Å². The number of nitrogens with one attached hydrogen (secondary N) is 2. The molecule has 2 N–H and O–H groups in total. The van der Waals surface area contributed by atoms with Gasteiger partial charge in [0.2, 0.25) is 5.91 Å². The maximum Gasteiger partial charge on any atom is 0.220 e. The summed E-state index contributed by atoms with van der Waals surface area (Å²) in [5.74, 6) is -0.330. The second kappa shape index (κ2) is 9.50. The summed E-state index contributed by atoms with van der Waals surface area (Å²) in [6.07, 6.45) is 2.48. The molecule has 0 radical (unpaired) electrons. The molecule has 1 fully saturated rings. The summed E-state index contributed by atoms with van der Waals surface area (Å²) < 4.78 is 26.5. The fourth-order valence-electron chi connectivity index (χ4n) is 3.23. The van der Waals surface area contributed by atoms with E-state index in [4.69, 9.17) is 0 Å². The van der Waals surface area contributed by atoms with Crippen LogP contribution in [0.5, 0.6) is 0 Å². The number of hydrogen-bond acceptors (Lipinski definition) is 2. The Morgan fingerprint density at radius 3 is 2.58 bits per heavy atom. The lowest BCUT2D eigenvalue weighted by molar-refractivity contribution is -0.121. The molecule has 1 aliphatic rings. The van der Waals surface area contributed by atoms with Crippen LogP contribution in [0, 0.1) is 17.6 Å². The number of nitrogens with zero attached hydrogens (tertiary/aromatic N) is 2. The molecule has 1 aromatic carbocycles. The number of aliphatic imine (C=N–C) groups is 1. The van der Waals surface area contributed by atoms with Crippen LogP contribution in [0.1, 0.15) is 37.7 Å². The number of rotatable bonds is 5. The first-order valence-electron chi connectivity index (χ1n) is 9.05. The van der Waals surface area contributed by atoms with E-state index in [-0.39, 0.29) is 11.8 Å². The van der Waals surface area contributed by atoms with Crippen molar-refractivity contribution >= 4 is 11.9 Å². The highest BCUT2D eigenvalue weighted by Crippen LogP contribution is 2.21. The predicted molar refractivity (Wildman–Crippen MR) is 99.1 cm³/mol. The van der Waals surface area contributed by atoms with E-state index in [0.717, 1.165) is 43.5 Å². The van der Waals surface area contributed by atoms with Crippen molar-refractivity contribution in [3.63, 3.8) is 0 Å². The number of carbonyl (C=O) groups is 1. The van der Waals surface area contributed by atoms with E-state index in [1.165, 1.54) is 6.07 Å². The topological polar surface area (TPSA) is 56.7 Å². The van der Waals surface area contributed by atoms with Gasteiger partial charge in [-0.3, -0.25) is 9.79 Å². The summed E-state index contributed by atoms with van der Waals surface area (Å²) in [7, 11) is 3.40. The lowest BCUT2D eigenvalue weighted by atomic mass is 9.93. The second-order valence-corrected chi connectivity index (χ2v) is 6.81. The fourth-order valence-corrected chi connectivity index (χ4v) is 3.23. The smallest absolute Gasteiger partial charge is 0.220 e. The quantitative estimate of drug-likeness (QED) is 0.622. The molecule has 2 rings (SSSR count). The molecule has 1 aromatic rings. The molecule has 0 spiro atoms. The van der Waals surface area contributed by atoms with Crippen LogP contribution in [0.25, 0.3) is 0 Å². The number of carbonyl (C=O) groups excluding carboxylic acids is 1. The van der Waals surface area contributed by atoms with Crippen molar-refractivity contribution in [2.75, 3.05) is 33.7 Å². The molecule has 0 saturated carbocycles. The molecule has 1 heterocycles. The van der Waals surface area contributed by atoms with Crippen LogP contribution in [0.2, 0.25) is 0 Å². The molecule has 7 heteroatoms. The average Bonchev–Trinajstić information content (AvgIpc) is 2.65. The molecule has 1 aliphatic heterocycles. The van der Waals surface area contributed by atoms with Gasteiger partial charge >= 0.3 is 0 Å². The highest BCUT2D eigenvalue weighted by molar-refractivity contribution is 5.80. The van der Waals surface area contributed by atoms with Crippen molar-refractivity contribution in [3.8, 4) is 0 Å². The standard InChI is InChI=1S/C19H28F2N4O/c1-13(15-4-5-16(20)17(21)11-15)12-24-19(23-3)25-8-6-14(7-9-25)10-18(26)22-2/h4-5,11,13-14H,6-10,12H2,1-3H3,(H,22,26)(H,23,24). The van der Waals surface area contributed by atoms with Crippen LogP contribution in [0.4, 0.5) is 8.78 Å². The van der Waals surface area contributed by atoms with Gasteiger partial charge in [0.1, 0.15) is 0 Å². The summed E-state index contributed by atoms with van der Waals surface area (Å²) in [6, 6.07) is 4.01. The maximum absolute atomic E-state index is 13.4. The Labute approximate surface area is 153 Å². The zero-order valence-electron chi connectivity index (χ0n) is 15.7. The lowest BCUT2D eigenvalue weighted by Gasteiger charge is -2.34.